The van der Waals surface area contributed by atoms with E-state index in [4.69, 9.17) is 0 Å². The zero-order valence-corrected chi connectivity index (χ0v) is 12.9. The van der Waals surface area contributed by atoms with Crippen LogP contribution >= 0.6 is 15.9 Å². The number of halogens is 1. The summed E-state index contributed by atoms with van der Waals surface area (Å²) in [7, 11) is 0. The topological polar surface area (TPSA) is 55.2 Å². The lowest BCUT2D eigenvalue weighted by Gasteiger charge is -2.10. The second-order valence-corrected chi connectivity index (χ2v) is 5.46. The van der Waals surface area contributed by atoms with Gasteiger partial charge in [0.15, 0.2) is 0 Å². The fourth-order valence-corrected chi connectivity index (χ4v) is 2.35. The molecule has 2 aromatic rings. The van der Waals surface area contributed by atoms with E-state index in [1.54, 1.807) is 19.1 Å². The smallest absolute Gasteiger partial charge is 0.272 e. The number of rotatable bonds is 4. The van der Waals surface area contributed by atoms with Gasteiger partial charge in [-0.1, -0.05) is 24.3 Å². The van der Waals surface area contributed by atoms with Crippen molar-refractivity contribution in [1.82, 2.24) is 0 Å². The molecule has 0 amide bonds. The van der Waals surface area contributed by atoms with E-state index in [0.717, 1.165) is 21.3 Å². The fourth-order valence-electron chi connectivity index (χ4n) is 1.94. The van der Waals surface area contributed by atoms with Gasteiger partial charge >= 0.3 is 0 Å². The van der Waals surface area contributed by atoms with Crippen molar-refractivity contribution in [3.05, 3.63) is 67.7 Å². The number of hydrogen-bond acceptors (Lipinski definition) is 3. The number of anilines is 1. The third kappa shape index (κ3) is 3.17. The molecule has 0 heterocycles. The Morgan fingerprint density at radius 1 is 1.20 bits per heavy atom. The minimum absolute atomic E-state index is 0.160. The number of hydrogen-bond donors (Lipinski definition) is 1. The molecule has 0 unspecified atom stereocenters. The van der Waals surface area contributed by atoms with Crippen LogP contribution in [0.1, 0.15) is 16.7 Å². The van der Waals surface area contributed by atoms with Gasteiger partial charge in [-0.05, 0) is 47.0 Å². The molecule has 0 spiro atoms. The van der Waals surface area contributed by atoms with Gasteiger partial charge in [0, 0.05) is 28.3 Å². The molecule has 0 aliphatic carbocycles. The molecule has 0 aliphatic heterocycles. The number of nitrogens with one attached hydrogen (secondary N) is 1. The van der Waals surface area contributed by atoms with E-state index in [0.29, 0.717) is 12.1 Å². The summed E-state index contributed by atoms with van der Waals surface area (Å²) in [6, 6.07) is 11.3. The average molecular weight is 335 g/mol. The maximum atomic E-state index is 10.9. The van der Waals surface area contributed by atoms with Crippen molar-refractivity contribution in [3.63, 3.8) is 0 Å². The van der Waals surface area contributed by atoms with Crippen LogP contribution in [0.25, 0.3) is 0 Å². The summed E-state index contributed by atoms with van der Waals surface area (Å²) in [6.45, 7) is 4.31. The molecule has 2 aromatic carbocycles. The highest BCUT2D eigenvalue weighted by Gasteiger charge is 2.11. The Labute approximate surface area is 126 Å². The Morgan fingerprint density at radius 2 is 1.95 bits per heavy atom. The van der Waals surface area contributed by atoms with Crippen LogP contribution in [0.4, 0.5) is 11.4 Å². The van der Waals surface area contributed by atoms with Gasteiger partial charge in [0.25, 0.3) is 5.69 Å². The fraction of sp³-hybridized carbons (Fsp3) is 0.200. The van der Waals surface area contributed by atoms with Gasteiger partial charge < -0.3 is 5.32 Å². The van der Waals surface area contributed by atoms with E-state index in [9.17, 15) is 10.1 Å². The average Bonchev–Trinajstić information content (AvgIpc) is 2.41. The van der Waals surface area contributed by atoms with E-state index in [2.05, 4.69) is 21.2 Å². The van der Waals surface area contributed by atoms with E-state index in [1.165, 1.54) is 0 Å². The molecule has 0 atom stereocenters. The molecule has 2 rings (SSSR count). The molecule has 1 N–H and O–H groups in total. The van der Waals surface area contributed by atoms with Crippen LogP contribution in [0.5, 0.6) is 0 Å². The summed E-state index contributed by atoms with van der Waals surface area (Å²) in [6.07, 6.45) is 0. The van der Waals surface area contributed by atoms with Gasteiger partial charge in [-0.2, -0.15) is 0 Å². The summed E-state index contributed by atoms with van der Waals surface area (Å²) < 4.78 is 1.02. The Kier molecular flexibility index (Phi) is 4.39. The van der Waals surface area contributed by atoms with Crippen LogP contribution in [0, 0.1) is 24.0 Å². The molecule has 0 saturated carbocycles. The largest absolute Gasteiger partial charge is 0.380 e. The number of nitrogens with zero attached hydrogens (tertiary/aromatic N) is 1. The van der Waals surface area contributed by atoms with Crippen LogP contribution in [0.3, 0.4) is 0 Å². The van der Waals surface area contributed by atoms with Crippen molar-refractivity contribution in [2.75, 3.05) is 5.32 Å². The molecule has 0 aromatic heterocycles. The lowest BCUT2D eigenvalue weighted by Crippen LogP contribution is -2.02. The molecule has 0 aliphatic rings. The Hall–Kier alpha value is -1.88. The number of nitro benzene ring substituents is 1. The first kappa shape index (κ1) is 14.5. The molecule has 5 heteroatoms. The van der Waals surface area contributed by atoms with Gasteiger partial charge in [0.1, 0.15) is 0 Å². The van der Waals surface area contributed by atoms with Gasteiger partial charge in [-0.15, -0.1) is 0 Å². The van der Waals surface area contributed by atoms with E-state index in [-0.39, 0.29) is 10.6 Å². The highest BCUT2D eigenvalue weighted by Crippen LogP contribution is 2.26. The highest BCUT2D eigenvalue weighted by atomic mass is 79.9. The third-order valence-corrected chi connectivity index (χ3v) is 4.20. The van der Waals surface area contributed by atoms with Crippen molar-refractivity contribution >= 4 is 27.3 Å². The van der Waals surface area contributed by atoms with Gasteiger partial charge in [0.05, 0.1) is 4.92 Å². The summed E-state index contributed by atoms with van der Waals surface area (Å²) in [4.78, 5) is 10.6. The van der Waals surface area contributed by atoms with Gasteiger partial charge in [0.2, 0.25) is 0 Å². The molecule has 104 valence electrons. The van der Waals surface area contributed by atoms with Crippen molar-refractivity contribution < 1.29 is 4.92 Å². The molecule has 4 nitrogen and oxygen atoms in total. The molecular weight excluding hydrogens is 320 g/mol. The summed E-state index contributed by atoms with van der Waals surface area (Å²) in [5.74, 6) is 0. The monoisotopic (exact) mass is 334 g/mol. The lowest BCUT2D eigenvalue weighted by atomic mass is 10.1. The minimum Gasteiger partial charge on any atom is -0.380 e. The first-order valence-corrected chi connectivity index (χ1v) is 7.01. The van der Waals surface area contributed by atoms with Crippen LogP contribution in [0.2, 0.25) is 0 Å². The zero-order valence-electron chi connectivity index (χ0n) is 11.3. The third-order valence-electron chi connectivity index (χ3n) is 3.15. The van der Waals surface area contributed by atoms with Crippen LogP contribution in [-0.2, 0) is 6.54 Å². The Balaban J connectivity index is 2.17. The quantitative estimate of drug-likeness (QED) is 0.657. The van der Waals surface area contributed by atoms with Gasteiger partial charge in [-0.25, -0.2) is 0 Å². The van der Waals surface area contributed by atoms with Crippen molar-refractivity contribution in [1.29, 1.82) is 0 Å². The molecule has 0 fully saturated rings. The second kappa shape index (κ2) is 6.05. The second-order valence-electron chi connectivity index (χ2n) is 4.67. The summed E-state index contributed by atoms with van der Waals surface area (Å²) in [5.41, 5.74) is 3.84. The Bertz CT molecular complexity index is 656. The highest BCUT2D eigenvalue weighted by molar-refractivity contribution is 9.10. The zero-order chi connectivity index (χ0) is 14.7. The van der Waals surface area contributed by atoms with E-state index in [1.807, 2.05) is 31.2 Å². The van der Waals surface area contributed by atoms with Crippen molar-refractivity contribution in [2.24, 2.45) is 0 Å². The lowest BCUT2D eigenvalue weighted by molar-refractivity contribution is -0.385. The molecule has 0 radical (unpaired) electrons. The van der Waals surface area contributed by atoms with E-state index < -0.39 is 0 Å². The summed E-state index contributed by atoms with van der Waals surface area (Å²) in [5, 5.41) is 14.2. The predicted molar refractivity (Wildman–Crippen MR) is 84.0 cm³/mol. The van der Waals surface area contributed by atoms with Crippen molar-refractivity contribution in [2.45, 2.75) is 20.4 Å². The maximum Gasteiger partial charge on any atom is 0.272 e. The molecule has 0 bridgehead atoms. The Morgan fingerprint density at radius 3 is 2.65 bits per heavy atom. The predicted octanol–water partition coefficient (Wildman–Crippen LogP) is 4.59. The normalized spacial score (nSPS) is 10.3. The molecular formula is C15H15BrN2O2. The van der Waals surface area contributed by atoms with Crippen LogP contribution in [0.15, 0.2) is 40.9 Å². The van der Waals surface area contributed by atoms with Gasteiger partial charge in [-0.3, -0.25) is 10.1 Å². The number of benzene rings is 2. The number of nitro groups is 1. The number of aryl methyl sites for hydroxylation is 2. The van der Waals surface area contributed by atoms with Crippen LogP contribution < -0.4 is 5.32 Å². The SMILES string of the molecule is Cc1ccc(CNc2cccc(C)c2Br)cc1[N+](=O)[O-]. The molecule has 0 saturated heterocycles. The van der Waals surface area contributed by atoms with E-state index >= 15 is 0 Å². The van der Waals surface area contributed by atoms with Crippen LogP contribution in [-0.4, -0.2) is 4.92 Å². The molecule has 20 heavy (non-hydrogen) atoms. The first-order valence-electron chi connectivity index (χ1n) is 6.22. The maximum absolute atomic E-state index is 10.9. The first-order chi connectivity index (χ1) is 9.49. The summed E-state index contributed by atoms with van der Waals surface area (Å²) >= 11 is 3.53. The standard InChI is InChI=1S/C15H15BrN2O2/c1-10-6-7-12(8-14(10)18(19)20)9-17-13-5-3-4-11(2)15(13)16/h3-8,17H,9H2,1-2H3. The van der Waals surface area contributed by atoms with Crippen molar-refractivity contribution in [3.8, 4) is 0 Å². The minimum atomic E-state index is -0.346.